The summed E-state index contributed by atoms with van der Waals surface area (Å²) in [4.78, 5) is 0. The molecule has 0 fully saturated rings. The molecule has 0 amide bonds. The van der Waals surface area contributed by atoms with Gasteiger partial charge in [-0.2, -0.15) is 17.6 Å². The third kappa shape index (κ3) is 5.71. The van der Waals surface area contributed by atoms with Crippen molar-refractivity contribution in [3.63, 3.8) is 0 Å². The molecule has 2 aromatic rings. The molecule has 30 heavy (non-hydrogen) atoms. The maximum absolute atomic E-state index is 14.2. The molecule has 1 atom stereocenters. The Bertz CT molecular complexity index is 927. The molecular weight excluding hydrogens is 399 g/mol. The highest BCUT2D eigenvalue weighted by atomic mass is 19.3. The van der Waals surface area contributed by atoms with Crippen LogP contribution in [0.1, 0.15) is 44.6 Å². The lowest BCUT2D eigenvalue weighted by Gasteiger charge is -2.21. The minimum Gasteiger partial charge on any atom is -0.426 e. The molecule has 0 saturated heterocycles. The fourth-order valence-electron chi connectivity index (χ4n) is 3.76. The molecule has 160 valence electrons. The largest absolute Gasteiger partial charge is 0.426 e. The van der Waals surface area contributed by atoms with Crippen LogP contribution in [0, 0.1) is 11.7 Å². The van der Waals surface area contributed by atoms with Gasteiger partial charge in [0.15, 0.2) is 11.6 Å². The molecule has 1 unspecified atom stereocenters. The molecule has 0 bridgehead atoms. The SMILES string of the molecule is CCCC1CC=C(c2ccc(-c3ccc(OC(F)(F)C=C(F)F)c(F)c3)cc2)CC1. The molecule has 6 heteroatoms. The molecule has 1 nitrogen and oxygen atoms in total. The van der Waals surface area contributed by atoms with Gasteiger partial charge in [-0.15, -0.1) is 0 Å². The lowest BCUT2D eigenvalue weighted by Crippen LogP contribution is -2.22. The Balaban J connectivity index is 1.73. The Morgan fingerprint density at radius 2 is 1.73 bits per heavy atom. The Kier molecular flexibility index (Phi) is 6.95. The number of halogens is 5. The zero-order valence-electron chi connectivity index (χ0n) is 16.6. The predicted octanol–water partition coefficient (Wildman–Crippen LogP) is 8.23. The van der Waals surface area contributed by atoms with Crippen molar-refractivity contribution in [1.82, 2.24) is 0 Å². The van der Waals surface area contributed by atoms with E-state index in [9.17, 15) is 22.0 Å². The van der Waals surface area contributed by atoms with Crippen LogP contribution in [0.3, 0.4) is 0 Å². The number of hydrogen-bond donors (Lipinski definition) is 0. The molecule has 1 aliphatic carbocycles. The zero-order valence-corrected chi connectivity index (χ0v) is 16.6. The van der Waals surface area contributed by atoms with Crippen molar-refractivity contribution in [2.45, 2.75) is 45.1 Å². The van der Waals surface area contributed by atoms with Crippen LogP contribution >= 0.6 is 0 Å². The number of hydrogen-bond acceptors (Lipinski definition) is 1. The topological polar surface area (TPSA) is 9.23 Å². The standard InChI is InChI=1S/C24H23F5O/c1-2-3-16-4-6-17(7-5-16)18-8-10-19(11-9-18)20-12-13-22(21(25)14-20)30-24(28,29)15-23(26)27/h6,8-16H,2-5,7H2,1H3. The normalized spacial score (nSPS) is 16.7. The molecule has 0 radical (unpaired) electrons. The van der Waals surface area contributed by atoms with Crippen molar-refractivity contribution in [3.8, 4) is 16.9 Å². The monoisotopic (exact) mass is 422 g/mol. The summed E-state index contributed by atoms with van der Waals surface area (Å²) < 4.78 is 69.0. The van der Waals surface area contributed by atoms with Gasteiger partial charge in [-0.3, -0.25) is 0 Å². The summed E-state index contributed by atoms with van der Waals surface area (Å²) >= 11 is 0. The summed E-state index contributed by atoms with van der Waals surface area (Å²) in [5.74, 6) is -1.10. The van der Waals surface area contributed by atoms with Crippen molar-refractivity contribution >= 4 is 5.57 Å². The van der Waals surface area contributed by atoms with E-state index in [1.165, 1.54) is 30.9 Å². The van der Waals surface area contributed by atoms with Gasteiger partial charge >= 0.3 is 6.11 Å². The highest BCUT2D eigenvalue weighted by molar-refractivity contribution is 5.71. The van der Waals surface area contributed by atoms with Gasteiger partial charge in [-0.05, 0) is 59.6 Å². The predicted molar refractivity (Wildman–Crippen MR) is 108 cm³/mol. The molecule has 0 aromatic heterocycles. The molecular formula is C24H23F5O. The van der Waals surface area contributed by atoms with Crippen molar-refractivity contribution in [2.75, 3.05) is 0 Å². The van der Waals surface area contributed by atoms with Crippen LogP contribution in [0.25, 0.3) is 16.7 Å². The fourth-order valence-corrected chi connectivity index (χ4v) is 3.76. The van der Waals surface area contributed by atoms with E-state index >= 15 is 0 Å². The van der Waals surface area contributed by atoms with Crippen LogP contribution in [0.15, 0.2) is 60.7 Å². The third-order valence-corrected chi connectivity index (χ3v) is 5.26. The first kappa shape index (κ1) is 22.1. The molecule has 2 aromatic carbocycles. The van der Waals surface area contributed by atoms with Gasteiger partial charge in [-0.25, -0.2) is 4.39 Å². The van der Waals surface area contributed by atoms with Crippen molar-refractivity contribution in [3.05, 3.63) is 72.1 Å². The van der Waals surface area contributed by atoms with E-state index < -0.39 is 29.8 Å². The van der Waals surface area contributed by atoms with E-state index in [-0.39, 0.29) is 0 Å². The first-order chi connectivity index (χ1) is 14.3. The maximum Gasteiger partial charge on any atom is 0.425 e. The maximum atomic E-state index is 14.2. The Labute approximate surface area is 172 Å². The molecule has 0 aliphatic heterocycles. The van der Waals surface area contributed by atoms with E-state index in [4.69, 9.17) is 0 Å². The highest BCUT2D eigenvalue weighted by Gasteiger charge is 2.31. The second-order valence-electron chi connectivity index (χ2n) is 7.48. The Hall–Kier alpha value is -2.63. The first-order valence-corrected chi connectivity index (χ1v) is 9.97. The second kappa shape index (κ2) is 9.45. The van der Waals surface area contributed by atoms with Crippen LogP contribution in [0.4, 0.5) is 22.0 Å². The van der Waals surface area contributed by atoms with Gasteiger partial charge < -0.3 is 4.74 Å². The summed E-state index contributed by atoms with van der Waals surface area (Å²) in [6, 6.07) is 11.1. The summed E-state index contributed by atoms with van der Waals surface area (Å²) in [6.07, 6.45) is 0.473. The van der Waals surface area contributed by atoms with Gasteiger partial charge in [0, 0.05) is 0 Å². The molecule has 0 saturated carbocycles. The first-order valence-electron chi connectivity index (χ1n) is 9.97. The molecule has 0 spiro atoms. The van der Waals surface area contributed by atoms with E-state index in [1.54, 1.807) is 0 Å². The molecule has 0 heterocycles. The van der Waals surface area contributed by atoms with E-state index in [0.29, 0.717) is 11.1 Å². The highest BCUT2D eigenvalue weighted by Crippen LogP contribution is 2.34. The van der Waals surface area contributed by atoms with Gasteiger partial charge in [0.2, 0.25) is 0 Å². The zero-order chi connectivity index (χ0) is 21.7. The van der Waals surface area contributed by atoms with Gasteiger partial charge in [0.1, 0.15) is 0 Å². The number of rotatable bonds is 7. The van der Waals surface area contributed by atoms with Crippen molar-refractivity contribution in [1.29, 1.82) is 0 Å². The lowest BCUT2D eigenvalue weighted by atomic mass is 9.84. The summed E-state index contributed by atoms with van der Waals surface area (Å²) in [6.45, 7) is 2.20. The number of allylic oxidation sites excluding steroid dienone is 2. The fraction of sp³-hybridized carbons (Fsp3) is 0.333. The van der Waals surface area contributed by atoms with Gasteiger partial charge in [0.25, 0.3) is 6.08 Å². The summed E-state index contributed by atoms with van der Waals surface area (Å²) in [5.41, 5.74) is 3.61. The van der Waals surface area contributed by atoms with Gasteiger partial charge in [0.05, 0.1) is 6.08 Å². The van der Waals surface area contributed by atoms with Crippen LogP contribution in [0.2, 0.25) is 0 Å². The number of ether oxygens (including phenoxy) is 1. The van der Waals surface area contributed by atoms with Crippen LogP contribution in [-0.2, 0) is 0 Å². The Morgan fingerprint density at radius 3 is 2.30 bits per heavy atom. The van der Waals surface area contributed by atoms with E-state index in [0.717, 1.165) is 36.5 Å². The minimum absolute atomic E-state index is 0.475. The molecule has 3 rings (SSSR count). The van der Waals surface area contributed by atoms with Crippen LogP contribution in [-0.4, -0.2) is 6.11 Å². The number of alkyl halides is 2. The average molecular weight is 422 g/mol. The summed E-state index contributed by atoms with van der Waals surface area (Å²) in [5, 5.41) is 0. The minimum atomic E-state index is -4.30. The van der Waals surface area contributed by atoms with Crippen molar-refractivity contribution < 1.29 is 26.7 Å². The van der Waals surface area contributed by atoms with Gasteiger partial charge in [-0.1, -0.05) is 56.2 Å². The smallest absolute Gasteiger partial charge is 0.425 e. The third-order valence-electron chi connectivity index (χ3n) is 5.26. The number of benzene rings is 2. The van der Waals surface area contributed by atoms with E-state index in [1.807, 2.05) is 24.3 Å². The lowest BCUT2D eigenvalue weighted by molar-refractivity contribution is -0.135. The quantitative estimate of drug-likeness (QED) is 0.408. The van der Waals surface area contributed by atoms with Crippen LogP contribution < -0.4 is 4.74 Å². The molecule has 0 N–H and O–H groups in total. The second-order valence-corrected chi connectivity index (χ2v) is 7.48. The van der Waals surface area contributed by atoms with E-state index in [2.05, 4.69) is 17.7 Å². The average Bonchev–Trinajstić information content (AvgIpc) is 2.69. The molecule has 1 aliphatic rings. The summed E-state index contributed by atoms with van der Waals surface area (Å²) in [7, 11) is 0. The van der Waals surface area contributed by atoms with Crippen molar-refractivity contribution in [2.24, 2.45) is 5.92 Å². The Morgan fingerprint density at radius 1 is 1.07 bits per heavy atom. The van der Waals surface area contributed by atoms with Crippen LogP contribution in [0.5, 0.6) is 5.75 Å².